The Hall–Kier alpha value is -1.35. The predicted molar refractivity (Wildman–Crippen MR) is 78.3 cm³/mol. The molecule has 0 unspecified atom stereocenters. The van der Waals surface area contributed by atoms with E-state index in [2.05, 4.69) is 0 Å². The van der Waals surface area contributed by atoms with Crippen LogP contribution in [-0.2, 0) is 16.0 Å². The van der Waals surface area contributed by atoms with Crippen molar-refractivity contribution >= 4 is 5.97 Å². The molecule has 1 aromatic carbocycles. The van der Waals surface area contributed by atoms with Gasteiger partial charge >= 0.3 is 5.97 Å². The molecule has 1 aliphatic carbocycles. The van der Waals surface area contributed by atoms with Crippen LogP contribution in [0.25, 0.3) is 0 Å². The summed E-state index contributed by atoms with van der Waals surface area (Å²) < 4.78 is 5.20. The van der Waals surface area contributed by atoms with E-state index in [9.17, 15) is 9.90 Å². The molecule has 1 aromatic rings. The molecule has 0 spiro atoms. The first-order valence-corrected chi connectivity index (χ1v) is 7.58. The number of rotatable bonds is 5. The van der Waals surface area contributed by atoms with E-state index in [0.717, 1.165) is 24.8 Å². The number of carbonyl (C=O) groups is 1. The molecule has 1 N–H and O–H groups in total. The highest BCUT2D eigenvalue weighted by Gasteiger charge is 2.42. The highest BCUT2D eigenvalue weighted by atomic mass is 16.5. The maximum atomic E-state index is 12.3. The minimum atomic E-state index is -0.902. The summed E-state index contributed by atoms with van der Waals surface area (Å²) in [6.45, 7) is 2.17. The number of carbonyl (C=O) groups excluding carboxylic acids is 1. The van der Waals surface area contributed by atoms with Gasteiger partial charge in [0.05, 0.1) is 18.1 Å². The van der Waals surface area contributed by atoms with Crippen molar-refractivity contribution < 1.29 is 14.6 Å². The Morgan fingerprint density at radius 1 is 1.25 bits per heavy atom. The molecule has 0 amide bonds. The monoisotopic (exact) mass is 276 g/mol. The first-order chi connectivity index (χ1) is 9.65. The largest absolute Gasteiger partial charge is 0.466 e. The average Bonchev–Trinajstić information content (AvgIpc) is 2.47. The predicted octanol–water partition coefficient (Wildman–Crippen LogP) is 3.10. The average molecular weight is 276 g/mol. The van der Waals surface area contributed by atoms with Crippen molar-refractivity contribution in [1.29, 1.82) is 0 Å². The maximum Gasteiger partial charge on any atom is 0.312 e. The lowest BCUT2D eigenvalue weighted by Crippen LogP contribution is -2.45. The van der Waals surface area contributed by atoms with E-state index in [-0.39, 0.29) is 5.97 Å². The van der Waals surface area contributed by atoms with Crippen LogP contribution in [0.1, 0.15) is 44.6 Å². The number of benzene rings is 1. The quantitative estimate of drug-likeness (QED) is 0.841. The first-order valence-electron chi connectivity index (χ1n) is 7.58. The third-order valence-corrected chi connectivity index (χ3v) is 4.22. The molecule has 0 aromatic heterocycles. The van der Waals surface area contributed by atoms with E-state index in [1.807, 2.05) is 37.3 Å². The van der Waals surface area contributed by atoms with Crippen LogP contribution in [0.3, 0.4) is 0 Å². The van der Waals surface area contributed by atoms with Crippen molar-refractivity contribution in [2.75, 3.05) is 6.61 Å². The van der Waals surface area contributed by atoms with Crippen molar-refractivity contribution in [3.05, 3.63) is 35.9 Å². The van der Waals surface area contributed by atoms with Gasteiger partial charge in [-0.2, -0.15) is 0 Å². The van der Waals surface area contributed by atoms with Crippen molar-refractivity contribution in [2.24, 2.45) is 5.92 Å². The Morgan fingerprint density at radius 3 is 2.50 bits per heavy atom. The van der Waals surface area contributed by atoms with Crippen LogP contribution in [0.15, 0.2) is 30.3 Å². The summed E-state index contributed by atoms with van der Waals surface area (Å²) in [7, 11) is 0. The summed E-state index contributed by atoms with van der Waals surface area (Å²) in [4.78, 5) is 12.3. The van der Waals surface area contributed by atoms with Crippen LogP contribution in [0.5, 0.6) is 0 Å². The number of ether oxygens (including phenoxy) is 1. The molecule has 0 saturated heterocycles. The summed E-state index contributed by atoms with van der Waals surface area (Å²) in [5.41, 5.74) is 0.171. The lowest BCUT2D eigenvalue weighted by atomic mass is 9.73. The zero-order chi connectivity index (χ0) is 14.4. The van der Waals surface area contributed by atoms with Gasteiger partial charge in [0.15, 0.2) is 0 Å². The van der Waals surface area contributed by atoms with Crippen LogP contribution in [0.4, 0.5) is 0 Å². The standard InChI is InChI=1S/C17H24O3/c1-2-20-16(18)15(13-14-9-5-3-6-10-14)17(19)11-7-4-8-12-17/h3,5-6,9-10,15,19H,2,4,7-8,11-13H2,1H3/t15-/m0/s1. The van der Waals surface area contributed by atoms with Crippen molar-refractivity contribution in [3.63, 3.8) is 0 Å². The molecule has 2 rings (SSSR count). The Kier molecular flexibility index (Phi) is 5.18. The second-order valence-electron chi connectivity index (χ2n) is 5.66. The lowest BCUT2D eigenvalue weighted by Gasteiger charge is -2.38. The van der Waals surface area contributed by atoms with Crippen molar-refractivity contribution in [2.45, 2.75) is 51.0 Å². The fraction of sp³-hybridized carbons (Fsp3) is 0.588. The fourth-order valence-electron chi connectivity index (χ4n) is 3.10. The van der Waals surface area contributed by atoms with Gasteiger partial charge in [-0.15, -0.1) is 0 Å². The van der Waals surface area contributed by atoms with E-state index in [0.29, 0.717) is 25.9 Å². The lowest BCUT2D eigenvalue weighted by molar-refractivity contribution is -0.161. The number of aliphatic hydroxyl groups is 1. The van der Waals surface area contributed by atoms with E-state index >= 15 is 0 Å². The fourth-order valence-corrected chi connectivity index (χ4v) is 3.10. The topological polar surface area (TPSA) is 46.5 Å². The molecule has 0 aliphatic heterocycles. The third kappa shape index (κ3) is 3.60. The van der Waals surface area contributed by atoms with Crippen LogP contribution in [-0.4, -0.2) is 23.3 Å². The van der Waals surface area contributed by atoms with Crippen LogP contribution < -0.4 is 0 Å². The summed E-state index contributed by atoms with van der Waals surface area (Å²) in [6, 6.07) is 9.87. The molecule has 110 valence electrons. The number of hydrogen-bond acceptors (Lipinski definition) is 3. The maximum absolute atomic E-state index is 12.3. The molecule has 0 bridgehead atoms. The highest BCUT2D eigenvalue weighted by Crippen LogP contribution is 2.36. The molecule has 1 saturated carbocycles. The molecular weight excluding hydrogens is 252 g/mol. The first kappa shape index (κ1) is 15.0. The Balaban J connectivity index is 2.17. The van der Waals surface area contributed by atoms with Gasteiger partial charge in [-0.1, -0.05) is 49.6 Å². The summed E-state index contributed by atoms with van der Waals surface area (Å²) in [5.74, 6) is -0.717. The SMILES string of the molecule is CCOC(=O)[C@H](Cc1ccccc1)C1(O)CCCCC1. The molecule has 3 heteroatoms. The zero-order valence-corrected chi connectivity index (χ0v) is 12.2. The molecule has 20 heavy (non-hydrogen) atoms. The van der Waals surface area contributed by atoms with Gasteiger partial charge < -0.3 is 9.84 Å². The summed E-state index contributed by atoms with van der Waals surface area (Å²) in [5, 5.41) is 10.9. The minimum absolute atomic E-state index is 0.263. The molecule has 0 heterocycles. The summed E-state index contributed by atoms with van der Waals surface area (Å²) >= 11 is 0. The second kappa shape index (κ2) is 6.89. The Bertz CT molecular complexity index is 421. The minimum Gasteiger partial charge on any atom is -0.466 e. The van der Waals surface area contributed by atoms with Gasteiger partial charge in [-0.05, 0) is 31.7 Å². The van der Waals surface area contributed by atoms with Crippen LogP contribution >= 0.6 is 0 Å². The Labute approximate surface area is 121 Å². The van der Waals surface area contributed by atoms with Gasteiger partial charge in [-0.25, -0.2) is 0 Å². The number of hydrogen-bond donors (Lipinski definition) is 1. The van der Waals surface area contributed by atoms with Gasteiger partial charge in [0.25, 0.3) is 0 Å². The zero-order valence-electron chi connectivity index (χ0n) is 12.2. The smallest absolute Gasteiger partial charge is 0.312 e. The molecule has 1 aliphatic rings. The molecule has 0 radical (unpaired) electrons. The van der Waals surface area contributed by atoms with Crippen molar-refractivity contribution in [1.82, 2.24) is 0 Å². The van der Waals surface area contributed by atoms with Gasteiger partial charge in [-0.3, -0.25) is 4.79 Å². The molecule has 3 nitrogen and oxygen atoms in total. The van der Waals surface area contributed by atoms with E-state index in [1.165, 1.54) is 0 Å². The highest BCUT2D eigenvalue weighted by molar-refractivity contribution is 5.74. The van der Waals surface area contributed by atoms with Crippen LogP contribution in [0.2, 0.25) is 0 Å². The van der Waals surface area contributed by atoms with E-state index in [4.69, 9.17) is 4.74 Å². The van der Waals surface area contributed by atoms with E-state index < -0.39 is 11.5 Å². The molecule has 1 fully saturated rings. The van der Waals surface area contributed by atoms with Gasteiger partial charge in [0, 0.05) is 0 Å². The van der Waals surface area contributed by atoms with Gasteiger partial charge in [0.1, 0.15) is 0 Å². The molecule has 1 atom stereocenters. The van der Waals surface area contributed by atoms with Crippen LogP contribution in [0, 0.1) is 5.92 Å². The number of esters is 1. The van der Waals surface area contributed by atoms with Gasteiger partial charge in [0.2, 0.25) is 0 Å². The summed E-state index contributed by atoms with van der Waals surface area (Å²) in [6.07, 6.45) is 5.06. The second-order valence-corrected chi connectivity index (χ2v) is 5.66. The van der Waals surface area contributed by atoms with E-state index in [1.54, 1.807) is 0 Å². The molecular formula is C17H24O3. The third-order valence-electron chi connectivity index (χ3n) is 4.22. The Morgan fingerprint density at radius 2 is 1.90 bits per heavy atom. The van der Waals surface area contributed by atoms with Crippen molar-refractivity contribution in [3.8, 4) is 0 Å². The normalized spacial score (nSPS) is 19.3.